The van der Waals surface area contributed by atoms with Crippen molar-refractivity contribution in [1.29, 1.82) is 0 Å². The first-order valence-corrected chi connectivity index (χ1v) is 9.01. The lowest BCUT2D eigenvalue weighted by Gasteiger charge is -2.34. The Labute approximate surface area is 167 Å². The van der Waals surface area contributed by atoms with Gasteiger partial charge in [-0.15, -0.1) is 0 Å². The van der Waals surface area contributed by atoms with Crippen LogP contribution in [0.15, 0.2) is 40.9 Å². The third kappa shape index (κ3) is 8.11. The number of carbonyl (C=O) groups excluding carboxylic acids is 1. The van der Waals surface area contributed by atoms with Crippen molar-refractivity contribution in [2.75, 3.05) is 38.0 Å². The van der Waals surface area contributed by atoms with Crippen LogP contribution in [-0.2, 0) is 20.9 Å². The van der Waals surface area contributed by atoms with Crippen LogP contribution in [0.3, 0.4) is 0 Å². The molecule has 2 aromatic rings. The maximum Gasteiger partial charge on any atom is 0.414 e. The van der Waals surface area contributed by atoms with Crippen LogP contribution < -0.4 is 5.32 Å². The molecule has 156 valence electrons. The number of aromatic nitrogens is 1. The summed E-state index contributed by atoms with van der Waals surface area (Å²) < 4.78 is 4.94. The van der Waals surface area contributed by atoms with Gasteiger partial charge in [0.05, 0.1) is 6.54 Å². The van der Waals surface area contributed by atoms with E-state index in [0.29, 0.717) is 18.1 Å². The van der Waals surface area contributed by atoms with E-state index >= 15 is 0 Å². The molecule has 10 nitrogen and oxygen atoms in total. The number of carboxylic acids is 2. The fraction of sp³-hybridized carbons (Fsp3) is 0.368. The zero-order valence-electron chi connectivity index (χ0n) is 16.1. The van der Waals surface area contributed by atoms with Crippen molar-refractivity contribution in [3.8, 4) is 0 Å². The molecule has 10 heteroatoms. The molecule has 29 heavy (non-hydrogen) atoms. The molecule has 0 atom stereocenters. The number of benzene rings is 1. The van der Waals surface area contributed by atoms with E-state index < -0.39 is 11.9 Å². The van der Waals surface area contributed by atoms with E-state index in [1.165, 1.54) is 5.56 Å². The standard InChI is InChI=1S/C17H22N4O2.C2H2O4/c1-14-11-16(19-23-14)18-17(22)13-21-9-7-20(8-10-21)12-15-5-3-2-4-6-15;3-1(4)2(5)6/h2-6,11H,7-10,12-13H2,1H3,(H,18,19,22);(H,3,4)(H,5,6). The molecule has 2 heterocycles. The number of aryl methyl sites for hydroxylation is 1. The van der Waals surface area contributed by atoms with E-state index in [1.807, 2.05) is 6.07 Å². The van der Waals surface area contributed by atoms with Crippen LogP contribution in [0.2, 0.25) is 0 Å². The molecule has 1 amide bonds. The third-order valence-corrected chi connectivity index (χ3v) is 4.16. The van der Waals surface area contributed by atoms with Crippen LogP contribution in [0.25, 0.3) is 0 Å². The van der Waals surface area contributed by atoms with Gasteiger partial charge < -0.3 is 20.1 Å². The predicted octanol–water partition coefficient (Wildman–Crippen LogP) is 0.895. The van der Waals surface area contributed by atoms with Gasteiger partial charge in [0.15, 0.2) is 5.82 Å². The first-order chi connectivity index (χ1) is 13.8. The van der Waals surface area contributed by atoms with Crippen molar-refractivity contribution in [1.82, 2.24) is 15.0 Å². The van der Waals surface area contributed by atoms with Gasteiger partial charge >= 0.3 is 11.9 Å². The van der Waals surface area contributed by atoms with Crippen molar-refractivity contribution in [3.63, 3.8) is 0 Å². The average Bonchev–Trinajstić information content (AvgIpc) is 3.09. The molecule has 0 bridgehead atoms. The summed E-state index contributed by atoms with van der Waals surface area (Å²) in [6.45, 7) is 6.92. The summed E-state index contributed by atoms with van der Waals surface area (Å²) in [5.41, 5.74) is 1.33. The number of nitrogens with zero attached hydrogens (tertiary/aromatic N) is 3. The van der Waals surface area contributed by atoms with E-state index in [1.54, 1.807) is 13.0 Å². The Balaban J connectivity index is 0.000000438. The zero-order chi connectivity index (χ0) is 21.2. The maximum atomic E-state index is 12.0. The lowest BCUT2D eigenvalue weighted by atomic mass is 10.2. The normalized spacial score (nSPS) is 14.5. The monoisotopic (exact) mass is 404 g/mol. The number of amides is 1. The second-order valence-electron chi connectivity index (χ2n) is 6.52. The molecule has 1 aromatic carbocycles. The fourth-order valence-corrected chi connectivity index (χ4v) is 2.76. The molecular weight excluding hydrogens is 380 g/mol. The first kappa shape index (κ1) is 22.1. The summed E-state index contributed by atoms with van der Waals surface area (Å²) in [6, 6.07) is 12.2. The first-order valence-electron chi connectivity index (χ1n) is 9.01. The molecule has 0 saturated carbocycles. The summed E-state index contributed by atoms with van der Waals surface area (Å²) >= 11 is 0. The Morgan fingerprint density at radius 2 is 1.62 bits per heavy atom. The van der Waals surface area contributed by atoms with Gasteiger partial charge in [-0.25, -0.2) is 9.59 Å². The molecule has 1 aliphatic rings. The Morgan fingerprint density at radius 1 is 1.03 bits per heavy atom. The maximum absolute atomic E-state index is 12.0. The van der Waals surface area contributed by atoms with Gasteiger partial charge in [0, 0.05) is 38.8 Å². The van der Waals surface area contributed by atoms with Gasteiger partial charge in [0.1, 0.15) is 5.76 Å². The molecule has 0 unspecified atom stereocenters. The predicted molar refractivity (Wildman–Crippen MR) is 103 cm³/mol. The van der Waals surface area contributed by atoms with Crippen molar-refractivity contribution in [3.05, 3.63) is 47.7 Å². The molecule has 3 N–H and O–H groups in total. The van der Waals surface area contributed by atoms with Crippen LogP contribution in [0.4, 0.5) is 5.82 Å². The quantitative estimate of drug-likeness (QED) is 0.621. The van der Waals surface area contributed by atoms with E-state index in [4.69, 9.17) is 24.3 Å². The summed E-state index contributed by atoms with van der Waals surface area (Å²) in [5.74, 6) is -2.52. The largest absolute Gasteiger partial charge is 0.473 e. The minimum absolute atomic E-state index is 0.0465. The Bertz CT molecular complexity index is 803. The Kier molecular flexibility index (Phi) is 8.31. The van der Waals surface area contributed by atoms with Crippen LogP contribution in [0.1, 0.15) is 11.3 Å². The van der Waals surface area contributed by atoms with Gasteiger partial charge in [-0.05, 0) is 12.5 Å². The topological polar surface area (TPSA) is 136 Å². The molecule has 0 aliphatic carbocycles. The number of nitrogens with one attached hydrogen (secondary N) is 1. The highest BCUT2D eigenvalue weighted by atomic mass is 16.5. The summed E-state index contributed by atoms with van der Waals surface area (Å²) in [4.78, 5) is 34.8. The van der Waals surface area contributed by atoms with Crippen LogP contribution in [0, 0.1) is 6.92 Å². The fourth-order valence-electron chi connectivity index (χ4n) is 2.76. The Hall–Kier alpha value is -3.24. The molecule has 1 saturated heterocycles. The minimum atomic E-state index is -1.82. The van der Waals surface area contributed by atoms with E-state index in [-0.39, 0.29) is 5.91 Å². The highest BCUT2D eigenvalue weighted by Crippen LogP contribution is 2.10. The summed E-state index contributed by atoms with van der Waals surface area (Å²) in [5, 5.41) is 21.3. The van der Waals surface area contributed by atoms with Crippen molar-refractivity contribution in [2.24, 2.45) is 0 Å². The average molecular weight is 404 g/mol. The molecule has 3 rings (SSSR count). The molecule has 1 fully saturated rings. The van der Waals surface area contributed by atoms with E-state index in [9.17, 15) is 4.79 Å². The molecular formula is C19H24N4O6. The second-order valence-corrected chi connectivity index (χ2v) is 6.52. The highest BCUT2D eigenvalue weighted by molar-refractivity contribution is 6.27. The van der Waals surface area contributed by atoms with Crippen molar-refractivity contribution >= 4 is 23.7 Å². The van der Waals surface area contributed by atoms with Gasteiger partial charge in [-0.2, -0.15) is 0 Å². The molecule has 0 radical (unpaired) electrons. The summed E-state index contributed by atoms with van der Waals surface area (Å²) in [6.07, 6.45) is 0. The second kappa shape index (κ2) is 10.9. The van der Waals surface area contributed by atoms with Gasteiger partial charge in [-0.1, -0.05) is 35.5 Å². The number of hydrogen-bond acceptors (Lipinski definition) is 7. The minimum Gasteiger partial charge on any atom is -0.473 e. The van der Waals surface area contributed by atoms with Crippen LogP contribution >= 0.6 is 0 Å². The van der Waals surface area contributed by atoms with E-state index in [2.05, 4.69) is 44.5 Å². The van der Waals surface area contributed by atoms with E-state index in [0.717, 1.165) is 32.7 Å². The van der Waals surface area contributed by atoms with Gasteiger partial charge in [0.2, 0.25) is 5.91 Å². The number of rotatable bonds is 5. The summed E-state index contributed by atoms with van der Waals surface area (Å²) in [7, 11) is 0. The number of carbonyl (C=O) groups is 3. The number of anilines is 1. The van der Waals surface area contributed by atoms with Crippen molar-refractivity contribution in [2.45, 2.75) is 13.5 Å². The smallest absolute Gasteiger partial charge is 0.414 e. The van der Waals surface area contributed by atoms with Crippen LogP contribution in [-0.4, -0.2) is 75.7 Å². The molecule has 1 aromatic heterocycles. The van der Waals surface area contributed by atoms with Crippen molar-refractivity contribution < 1.29 is 29.1 Å². The zero-order valence-corrected chi connectivity index (χ0v) is 16.1. The molecule has 1 aliphatic heterocycles. The Morgan fingerprint density at radius 3 is 2.14 bits per heavy atom. The SMILES string of the molecule is Cc1cc(NC(=O)CN2CCN(Cc3ccccc3)CC2)no1.O=C(O)C(=O)O. The van der Waals surface area contributed by atoms with Gasteiger partial charge in [0.25, 0.3) is 0 Å². The lowest BCUT2D eigenvalue weighted by Crippen LogP contribution is -2.48. The highest BCUT2D eigenvalue weighted by Gasteiger charge is 2.19. The molecule has 0 spiro atoms. The lowest BCUT2D eigenvalue weighted by molar-refractivity contribution is -0.159. The number of carboxylic acid groups (broad SMARTS) is 2. The number of aliphatic carboxylic acids is 2. The third-order valence-electron chi connectivity index (χ3n) is 4.16. The van der Waals surface area contributed by atoms with Crippen LogP contribution in [0.5, 0.6) is 0 Å². The number of hydrogen-bond donors (Lipinski definition) is 3. The van der Waals surface area contributed by atoms with Gasteiger partial charge in [-0.3, -0.25) is 14.6 Å². The number of piperazine rings is 1.